The number of nitriles is 1. The summed E-state index contributed by atoms with van der Waals surface area (Å²) >= 11 is 0. The van der Waals surface area contributed by atoms with E-state index in [9.17, 15) is 8.78 Å². The summed E-state index contributed by atoms with van der Waals surface area (Å²) in [7, 11) is 0. The fourth-order valence-corrected chi connectivity index (χ4v) is 0.318. The van der Waals surface area contributed by atoms with Crippen molar-refractivity contribution in [2.45, 2.75) is 0 Å². The summed E-state index contributed by atoms with van der Waals surface area (Å²) in [6, 6.07) is 1.61. The Morgan fingerprint density at radius 2 is 2.18 bits per heavy atom. The van der Waals surface area contributed by atoms with Crippen LogP contribution in [0, 0.1) is 11.3 Å². The molecule has 0 saturated heterocycles. The van der Waals surface area contributed by atoms with Gasteiger partial charge < -0.3 is 5.11 Å². The highest BCUT2D eigenvalue weighted by Crippen LogP contribution is 2.07. The Balaban J connectivity index is 4.26. The van der Waals surface area contributed by atoms with E-state index in [4.69, 9.17) is 10.4 Å². The van der Waals surface area contributed by atoms with Crippen molar-refractivity contribution in [1.29, 1.82) is 5.26 Å². The molecule has 0 heterocycles. The Morgan fingerprint density at radius 1 is 1.55 bits per heavy atom. The largest absolute Gasteiger partial charge is 0.505 e. The second-order valence-electron chi connectivity index (χ2n) is 1.50. The molecule has 0 radical (unpaired) electrons. The number of allylic oxidation sites excluding steroid dienone is 4. The molecule has 2 nitrogen and oxygen atoms in total. The zero-order valence-electron chi connectivity index (χ0n) is 5.46. The van der Waals surface area contributed by atoms with Crippen molar-refractivity contribution in [1.82, 2.24) is 0 Å². The van der Waals surface area contributed by atoms with Gasteiger partial charge in [0.2, 0.25) is 0 Å². The zero-order chi connectivity index (χ0) is 8.69. The molecule has 0 aromatic heterocycles. The molecular weight excluding hydrogens is 152 g/mol. The number of hydrogen-bond acceptors (Lipinski definition) is 2. The third-order valence-corrected chi connectivity index (χ3v) is 0.765. The second kappa shape index (κ2) is 5.18. The highest BCUT2D eigenvalue weighted by molar-refractivity contribution is 5.23. The lowest BCUT2D eigenvalue weighted by atomic mass is 10.4. The van der Waals surface area contributed by atoms with Crippen molar-refractivity contribution in [3.05, 3.63) is 36.1 Å². The maximum absolute atomic E-state index is 12.0. The quantitative estimate of drug-likeness (QED) is 0.379. The van der Waals surface area contributed by atoms with Gasteiger partial charge in [0.1, 0.15) is 6.33 Å². The van der Waals surface area contributed by atoms with E-state index in [2.05, 4.69) is 0 Å². The number of aliphatic hydroxyl groups is 1. The predicted molar refractivity (Wildman–Crippen MR) is 35.8 cm³/mol. The lowest BCUT2D eigenvalue weighted by Crippen LogP contribution is -1.78. The molecule has 0 aromatic carbocycles. The summed E-state index contributed by atoms with van der Waals surface area (Å²) in [4.78, 5) is 0. The van der Waals surface area contributed by atoms with E-state index in [0.717, 1.165) is 18.2 Å². The molecule has 1 N–H and O–H groups in total. The van der Waals surface area contributed by atoms with E-state index in [1.54, 1.807) is 6.07 Å². The molecule has 0 aliphatic heterocycles. The van der Waals surface area contributed by atoms with Crippen molar-refractivity contribution in [3.8, 4) is 6.07 Å². The van der Waals surface area contributed by atoms with Crippen LogP contribution in [0.5, 0.6) is 0 Å². The van der Waals surface area contributed by atoms with Crippen LogP contribution < -0.4 is 0 Å². The van der Waals surface area contributed by atoms with E-state index in [-0.39, 0.29) is 6.33 Å². The van der Waals surface area contributed by atoms with E-state index < -0.39 is 11.6 Å². The van der Waals surface area contributed by atoms with Crippen LogP contribution >= 0.6 is 0 Å². The van der Waals surface area contributed by atoms with E-state index >= 15 is 0 Å². The van der Waals surface area contributed by atoms with Gasteiger partial charge in [-0.25, -0.2) is 8.78 Å². The van der Waals surface area contributed by atoms with Crippen LogP contribution in [0.3, 0.4) is 0 Å². The molecule has 0 unspecified atom stereocenters. The number of hydrogen-bond donors (Lipinski definition) is 1. The Morgan fingerprint density at radius 3 is 2.64 bits per heavy atom. The van der Waals surface area contributed by atoms with Gasteiger partial charge in [-0.15, -0.1) is 0 Å². The SMILES string of the molecule is N#C/C=C/C=C(O)\C(F)=C\F. The molecule has 0 saturated carbocycles. The molecular formula is C7H5F2NO. The van der Waals surface area contributed by atoms with Crippen molar-refractivity contribution in [2.24, 2.45) is 0 Å². The summed E-state index contributed by atoms with van der Waals surface area (Å²) in [5.41, 5.74) is 0. The van der Waals surface area contributed by atoms with Crippen molar-refractivity contribution >= 4 is 0 Å². The first-order chi connectivity index (χ1) is 5.22. The van der Waals surface area contributed by atoms with Crippen LogP contribution in [0.4, 0.5) is 8.78 Å². The van der Waals surface area contributed by atoms with Crippen LogP contribution in [0.25, 0.3) is 0 Å². The van der Waals surface area contributed by atoms with Gasteiger partial charge in [-0.3, -0.25) is 0 Å². The van der Waals surface area contributed by atoms with Gasteiger partial charge >= 0.3 is 0 Å². The first kappa shape index (κ1) is 9.37. The van der Waals surface area contributed by atoms with E-state index in [0.29, 0.717) is 0 Å². The summed E-state index contributed by atoms with van der Waals surface area (Å²) in [5.74, 6) is -2.22. The van der Waals surface area contributed by atoms with Gasteiger partial charge in [-0.2, -0.15) is 5.26 Å². The minimum absolute atomic E-state index is 0.369. The number of nitrogens with zero attached hydrogens (tertiary/aromatic N) is 1. The predicted octanol–water partition coefficient (Wildman–Crippen LogP) is 2.29. The Kier molecular flexibility index (Phi) is 4.41. The summed E-state index contributed by atoms with van der Waals surface area (Å²) in [6.45, 7) is 0. The first-order valence-electron chi connectivity index (χ1n) is 2.64. The van der Waals surface area contributed by atoms with Gasteiger partial charge in [0, 0.05) is 6.08 Å². The molecule has 0 rings (SSSR count). The molecule has 11 heavy (non-hydrogen) atoms. The van der Waals surface area contributed by atoms with Crippen LogP contribution in [0.15, 0.2) is 36.1 Å². The average molecular weight is 157 g/mol. The third kappa shape index (κ3) is 3.87. The third-order valence-electron chi connectivity index (χ3n) is 0.765. The minimum Gasteiger partial charge on any atom is -0.505 e. The highest BCUT2D eigenvalue weighted by Gasteiger charge is 1.97. The standard InChI is InChI=1S/C7H5F2NO/c8-5-6(9)7(11)3-1-2-4-10/h1-3,5,11H/b2-1+,6-5-,7-3+. The summed E-state index contributed by atoms with van der Waals surface area (Å²) in [5, 5.41) is 16.5. The lowest BCUT2D eigenvalue weighted by Gasteiger charge is -1.88. The fraction of sp³-hybridized carbons (Fsp3) is 0. The summed E-state index contributed by atoms with van der Waals surface area (Å²) < 4.78 is 23.3. The molecule has 0 bridgehead atoms. The van der Waals surface area contributed by atoms with Gasteiger partial charge in [-0.1, -0.05) is 0 Å². The Bertz CT molecular complexity index is 248. The topological polar surface area (TPSA) is 44.0 Å². The molecule has 0 aromatic rings. The van der Waals surface area contributed by atoms with Crippen molar-refractivity contribution in [3.63, 3.8) is 0 Å². The molecule has 0 atom stereocenters. The van der Waals surface area contributed by atoms with E-state index in [1.165, 1.54) is 0 Å². The zero-order valence-corrected chi connectivity index (χ0v) is 5.46. The first-order valence-corrected chi connectivity index (χ1v) is 2.64. The molecule has 0 spiro atoms. The highest BCUT2D eigenvalue weighted by atomic mass is 19.2. The molecule has 0 aliphatic rings. The average Bonchev–Trinajstić information content (AvgIpc) is 2.03. The minimum atomic E-state index is -1.37. The molecule has 4 heteroatoms. The lowest BCUT2D eigenvalue weighted by molar-refractivity contribution is 0.383. The van der Waals surface area contributed by atoms with E-state index in [1.807, 2.05) is 0 Å². The summed E-state index contributed by atoms with van der Waals surface area (Å²) in [6.07, 6.45) is 2.61. The smallest absolute Gasteiger partial charge is 0.192 e. The Labute approximate surface area is 62.4 Å². The van der Waals surface area contributed by atoms with Crippen LogP contribution in [-0.2, 0) is 0 Å². The van der Waals surface area contributed by atoms with Gasteiger partial charge in [0.05, 0.1) is 6.07 Å². The van der Waals surface area contributed by atoms with Gasteiger partial charge in [-0.05, 0) is 12.2 Å². The monoisotopic (exact) mass is 157 g/mol. The van der Waals surface area contributed by atoms with Crippen molar-refractivity contribution in [2.75, 3.05) is 0 Å². The number of halogens is 2. The maximum atomic E-state index is 12.0. The molecule has 0 fully saturated rings. The molecule has 0 aliphatic carbocycles. The number of rotatable bonds is 2. The van der Waals surface area contributed by atoms with Crippen LogP contribution in [0.2, 0.25) is 0 Å². The molecule has 0 amide bonds. The van der Waals surface area contributed by atoms with Gasteiger partial charge in [0.15, 0.2) is 11.6 Å². The van der Waals surface area contributed by atoms with Gasteiger partial charge in [0.25, 0.3) is 0 Å². The molecule has 58 valence electrons. The van der Waals surface area contributed by atoms with Crippen molar-refractivity contribution < 1.29 is 13.9 Å². The number of aliphatic hydroxyl groups excluding tert-OH is 1. The Hall–Kier alpha value is -1.63. The fourth-order valence-electron chi connectivity index (χ4n) is 0.318. The normalized spacial score (nSPS) is 13.5. The maximum Gasteiger partial charge on any atom is 0.192 e. The van der Waals surface area contributed by atoms with Crippen LogP contribution in [-0.4, -0.2) is 5.11 Å². The van der Waals surface area contributed by atoms with Crippen LogP contribution in [0.1, 0.15) is 0 Å². The second-order valence-corrected chi connectivity index (χ2v) is 1.50.